The van der Waals surface area contributed by atoms with Crippen molar-refractivity contribution in [2.24, 2.45) is 0 Å². The first-order chi connectivity index (χ1) is 39.5. The second-order valence-electron chi connectivity index (χ2n) is 25.6. The first-order valence-corrected chi connectivity index (χ1v) is 37.0. The van der Waals surface area contributed by atoms with Crippen molar-refractivity contribution in [2.45, 2.75) is 437 Å². The fraction of sp³-hybridized carbons (Fsp3) is 0.946. The molecule has 0 aliphatic heterocycles. The van der Waals surface area contributed by atoms with E-state index < -0.39 is 12.1 Å². The molecule has 0 fully saturated rings. The predicted octanol–water partition coefficient (Wildman–Crippen LogP) is 23.9. The van der Waals surface area contributed by atoms with Gasteiger partial charge in [0.25, 0.3) is 0 Å². The number of aliphatic hydroxyl groups is 2. The van der Waals surface area contributed by atoms with Crippen molar-refractivity contribution in [1.82, 2.24) is 5.32 Å². The highest BCUT2D eigenvalue weighted by molar-refractivity contribution is 5.76. The number of esters is 1. The molecule has 0 radical (unpaired) electrons. The number of amides is 1. The molecule has 6 nitrogen and oxygen atoms in total. The minimum Gasteiger partial charge on any atom is -0.466 e. The number of unbranched alkanes of at least 4 members (excludes halogenated alkanes) is 59. The smallest absolute Gasteiger partial charge is 0.305 e. The minimum atomic E-state index is -0.842. The number of ether oxygens (including phenoxy) is 1. The Hall–Kier alpha value is -1.40. The van der Waals surface area contributed by atoms with Crippen LogP contribution in [0.1, 0.15) is 425 Å². The fourth-order valence-electron chi connectivity index (χ4n) is 11.9. The minimum absolute atomic E-state index is 0.0225. The molecule has 2 atom stereocenters. The summed E-state index contributed by atoms with van der Waals surface area (Å²) < 4.78 is 5.50. The molecule has 0 bridgehead atoms. The molecule has 80 heavy (non-hydrogen) atoms. The third-order valence-corrected chi connectivity index (χ3v) is 17.6. The first kappa shape index (κ1) is 78.6. The molecule has 0 aromatic rings. The SMILES string of the molecule is CCCCCCCCCCCCCCCCCCCC/C=C/C(O)C(CO)NC(=O)CCCCCCCCCCCCCCCCCCCCCCCCCCCCCCOC(=O)CCCCCCCCCCCCCCCCC. The average Bonchev–Trinajstić information content (AvgIpc) is 3.46. The van der Waals surface area contributed by atoms with E-state index in [1.165, 1.54) is 360 Å². The topological polar surface area (TPSA) is 95.9 Å². The summed E-state index contributed by atoms with van der Waals surface area (Å²) in [6, 6.07) is -0.625. The van der Waals surface area contributed by atoms with Crippen LogP contribution in [0.25, 0.3) is 0 Å². The van der Waals surface area contributed by atoms with Crippen LogP contribution in [0.15, 0.2) is 12.2 Å². The zero-order valence-electron chi connectivity index (χ0n) is 54.6. The molecule has 2 unspecified atom stereocenters. The maximum absolute atomic E-state index is 12.5. The molecule has 0 rings (SSSR count). The maximum atomic E-state index is 12.5. The summed E-state index contributed by atoms with van der Waals surface area (Å²) >= 11 is 0. The standard InChI is InChI=1S/C74H145NO5/c1-3-5-7-9-11-13-15-17-19-20-21-32-35-39-42-46-50-54-58-62-66-72(77)71(70-76)75-73(78)67-63-59-55-51-47-43-40-36-33-30-28-26-24-22-23-25-27-29-31-34-37-41-45-49-53-57-61-65-69-80-74(79)68-64-60-56-52-48-44-38-18-16-14-12-10-8-6-4-2/h62,66,71-72,76-77H,3-61,63-65,67-70H2,1-2H3,(H,75,78)/b66-62+. The summed E-state index contributed by atoms with van der Waals surface area (Å²) in [6.07, 6.45) is 87.3. The second-order valence-corrected chi connectivity index (χ2v) is 25.6. The monoisotopic (exact) mass is 1130 g/mol. The number of rotatable bonds is 70. The van der Waals surface area contributed by atoms with Crippen LogP contribution >= 0.6 is 0 Å². The van der Waals surface area contributed by atoms with E-state index in [2.05, 4.69) is 19.2 Å². The Morgan fingerprint density at radius 3 is 0.850 bits per heavy atom. The van der Waals surface area contributed by atoms with Crippen molar-refractivity contribution in [1.29, 1.82) is 0 Å². The Bertz CT molecular complexity index is 1210. The molecule has 3 N–H and O–H groups in total. The van der Waals surface area contributed by atoms with Crippen LogP contribution in [0, 0.1) is 0 Å². The molecule has 0 saturated heterocycles. The number of carbonyl (C=O) groups is 2. The van der Waals surface area contributed by atoms with Crippen LogP contribution in [0.4, 0.5) is 0 Å². The molecule has 0 spiro atoms. The zero-order chi connectivity index (χ0) is 57.8. The Morgan fingerprint density at radius 1 is 0.338 bits per heavy atom. The Morgan fingerprint density at radius 2 is 0.575 bits per heavy atom. The fourth-order valence-corrected chi connectivity index (χ4v) is 11.9. The number of aliphatic hydroxyl groups excluding tert-OH is 2. The lowest BCUT2D eigenvalue weighted by atomic mass is 10.0. The first-order valence-electron chi connectivity index (χ1n) is 37.0. The van der Waals surface area contributed by atoms with Gasteiger partial charge in [-0.05, 0) is 32.1 Å². The van der Waals surface area contributed by atoms with Gasteiger partial charge in [-0.1, -0.05) is 392 Å². The van der Waals surface area contributed by atoms with Gasteiger partial charge < -0.3 is 20.3 Å². The number of hydrogen-bond donors (Lipinski definition) is 3. The Balaban J connectivity index is 3.35. The van der Waals surface area contributed by atoms with Gasteiger partial charge in [-0.25, -0.2) is 0 Å². The van der Waals surface area contributed by atoms with Crippen LogP contribution in [0.2, 0.25) is 0 Å². The van der Waals surface area contributed by atoms with Crippen LogP contribution in [0.5, 0.6) is 0 Å². The highest BCUT2D eigenvalue weighted by atomic mass is 16.5. The quantitative estimate of drug-likeness (QED) is 0.0320. The van der Waals surface area contributed by atoms with Crippen molar-refractivity contribution < 1.29 is 24.5 Å². The third-order valence-electron chi connectivity index (χ3n) is 17.6. The highest BCUT2D eigenvalue weighted by Gasteiger charge is 2.18. The van der Waals surface area contributed by atoms with Gasteiger partial charge in [0.1, 0.15) is 0 Å². The summed E-state index contributed by atoms with van der Waals surface area (Å²) in [7, 11) is 0. The molecule has 0 saturated carbocycles. The molecule has 0 aromatic carbocycles. The molecule has 0 aromatic heterocycles. The van der Waals surface area contributed by atoms with Gasteiger partial charge in [-0.15, -0.1) is 0 Å². The van der Waals surface area contributed by atoms with Crippen LogP contribution in [-0.4, -0.2) is 47.4 Å². The van der Waals surface area contributed by atoms with Crippen LogP contribution < -0.4 is 5.32 Å². The van der Waals surface area contributed by atoms with Gasteiger partial charge in [-0.3, -0.25) is 9.59 Å². The van der Waals surface area contributed by atoms with E-state index in [0.29, 0.717) is 19.4 Å². The van der Waals surface area contributed by atoms with Crippen LogP contribution in [-0.2, 0) is 14.3 Å². The number of nitrogens with one attached hydrogen (secondary N) is 1. The van der Waals surface area contributed by atoms with E-state index in [0.717, 1.165) is 38.5 Å². The van der Waals surface area contributed by atoms with E-state index >= 15 is 0 Å². The number of allylic oxidation sites excluding steroid dienone is 1. The van der Waals surface area contributed by atoms with Crippen molar-refractivity contribution in [3.8, 4) is 0 Å². The zero-order valence-corrected chi connectivity index (χ0v) is 54.6. The van der Waals surface area contributed by atoms with Gasteiger partial charge in [0.15, 0.2) is 0 Å². The molecule has 476 valence electrons. The van der Waals surface area contributed by atoms with Crippen molar-refractivity contribution >= 4 is 11.9 Å². The molecule has 1 amide bonds. The lowest BCUT2D eigenvalue weighted by molar-refractivity contribution is -0.143. The number of carbonyl (C=O) groups excluding carboxylic acids is 2. The molecular formula is C74H145NO5. The van der Waals surface area contributed by atoms with Crippen molar-refractivity contribution in [3.05, 3.63) is 12.2 Å². The van der Waals surface area contributed by atoms with Gasteiger partial charge in [0, 0.05) is 12.8 Å². The summed E-state index contributed by atoms with van der Waals surface area (Å²) in [5.41, 5.74) is 0. The molecular weight excluding hydrogens is 983 g/mol. The molecule has 0 aliphatic rings. The average molecular weight is 1130 g/mol. The molecule has 0 heterocycles. The van der Waals surface area contributed by atoms with Gasteiger partial charge in [0.2, 0.25) is 5.91 Å². The van der Waals surface area contributed by atoms with Gasteiger partial charge in [0.05, 0.1) is 25.4 Å². The van der Waals surface area contributed by atoms with Gasteiger partial charge in [-0.2, -0.15) is 0 Å². The predicted molar refractivity (Wildman–Crippen MR) is 352 cm³/mol. The van der Waals surface area contributed by atoms with E-state index in [1.807, 2.05) is 6.08 Å². The second kappa shape index (κ2) is 70.1. The van der Waals surface area contributed by atoms with Crippen molar-refractivity contribution in [2.75, 3.05) is 13.2 Å². The maximum Gasteiger partial charge on any atom is 0.305 e. The van der Waals surface area contributed by atoms with E-state index in [-0.39, 0.29) is 18.5 Å². The lowest BCUT2D eigenvalue weighted by Crippen LogP contribution is -2.45. The van der Waals surface area contributed by atoms with E-state index in [4.69, 9.17) is 4.74 Å². The third kappa shape index (κ3) is 65.7. The normalized spacial score (nSPS) is 12.5. The summed E-state index contributed by atoms with van der Waals surface area (Å²) in [6.45, 7) is 4.96. The van der Waals surface area contributed by atoms with Crippen LogP contribution in [0.3, 0.4) is 0 Å². The van der Waals surface area contributed by atoms with Gasteiger partial charge >= 0.3 is 5.97 Å². The largest absolute Gasteiger partial charge is 0.466 e. The lowest BCUT2D eigenvalue weighted by Gasteiger charge is -2.20. The summed E-state index contributed by atoms with van der Waals surface area (Å²) in [5.74, 6) is -0.0377. The Kier molecular flexibility index (Phi) is 68.9. The summed E-state index contributed by atoms with van der Waals surface area (Å²) in [4.78, 5) is 24.6. The number of hydrogen-bond acceptors (Lipinski definition) is 5. The Labute approximate surface area is 501 Å². The highest BCUT2D eigenvalue weighted by Crippen LogP contribution is 2.20. The van der Waals surface area contributed by atoms with Crippen molar-refractivity contribution in [3.63, 3.8) is 0 Å². The molecule has 0 aliphatic carbocycles. The summed E-state index contributed by atoms with van der Waals surface area (Å²) in [5, 5.41) is 23.3. The molecule has 6 heteroatoms. The van der Waals surface area contributed by atoms with E-state index in [9.17, 15) is 19.8 Å². The van der Waals surface area contributed by atoms with E-state index in [1.54, 1.807) is 6.08 Å².